The van der Waals surface area contributed by atoms with Crippen LogP contribution in [0.15, 0.2) is 36.7 Å². The molecule has 0 aliphatic heterocycles. The van der Waals surface area contributed by atoms with E-state index in [1.165, 1.54) is 0 Å². The molecule has 0 fully saturated rings. The molecule has 0 radical (unpaired) electrons. The molecule has 5 heteroatoms. The number of pyridine rings is 1. The lowest BCUT2D eigenvalue weighted by Crippen LogP contribution is -2.41. The fourth-order valence-corrected chi connectivity index (χ4v) is 3.63. The molecular weight excluding hydrogens is 326 g/mol. The van der Waals surface area contributed by atoms with Gasteiger partial charge in [0, 0.05) is 24.6 Å². The fourth-order valence-electron chi connectivity index (χ4n) is 2.54. The van der Waals surface area contributed by atoms with Crippen LogP contribution in [0.5, 0.6) is 0 Å². The Morgan fingerprint density at radius 2 is 1.84 bits per heavy atom. The summed E-state index contributed by atoms with van der Waals surface area (Å²) in [5.41, 5.74) is 16.9. The van der Waals surface area contributed by atoms with Crippen LogP contribution in [0.3, 0.4) is 0 Å². The summed E-state index contributed by atoms with van der Waals surface area (Å²) in [4.78, 5) is 4.22. The van der Waals surface area contributed by atoms with Crippen LogP contribution in [0.1, 0.15) is 32.8 Å². The zero-order chi connectivity index (χ0) is 18.7. The lowest BCUT2D eigenvalue weighted by atomic mass is 9.95. The van der Waals surface area contributed by atoms with Crippen molar-refractivity contribution in [3.8, 4) is 11.1 Å². The second-order valence-electron chi connectivity index (χ2n) is 8.05. The van der Waals surface area contributed by atoms with E-state index in [1.807, 2.05) is 30.5 Å². The molecule has 0 saturated carbocycles. The largest absolute Gasteiger partial charge is 0.417 e. The maximum absolute atomic E-state index is 6.29. The van der Waals surface area contributed by atoms with Crippen molar-refractivity contribution < 1.29 is 4.43 Å². The van der Waals surface area contributed by atoms with Crippen LogP contribution in [0.2, 0.25) is 18.1 Å². The molecule has 0 unspecified atom stereocenters. The number of aromatic nitrogens is 1. The highest BCUT2D eigenvalue weighted by Gasteiger charge is 2.36. The summed E-state index contributed by atoms with van der Waals surface area (Å²) in [6.45, 7) is 12.1. The monoisotopic (exact) mass is 357 g/mol. The van der Waals surface area contributed by atoms with Crippen molar-refractivity contribution in [2.45, 2.75) is 51.7 Å². The molecule has 4 N–H and O–H groups in total. The first kappa shape index (κ1) is 19.5. The van der Waals surface area contributed by atoms with E-state index in [0.29, 0.717) is 11.4 Å². The van der Waals surface area contributed by atoms with Gasteiger partial charge >= 0.3 is 0 Å². The number of hydrogen-bond donors (Lipinski definition) is 2. The first-order valence-electron chi connectivity index (χ1n) is 8.84. The summed E-state index contributed by atoms with van der Waals surface area (Å²) >= 11 is 0. The van der Waals surface area contributed by atoms with Crippen LogP contribution in [-0.2, 0) is 10.8 Å². The van der Waals surface area contributed by atoms with E-state index in [0.717, 1.165) is 36.1 Å². The van der Waals surface area contributed by atoms with Crippen molar-refractivity contribution in [3.05, 3.63) is 42.2 Å². The van der Waals surface area contributed by atoms with E-state index < -0.39 is 8.32 Å². The Morgan fingerprint density at radius 1 is 1.12 bits per heavy atom. The Bertz CT molecular complexity index is 709. The minimum atomic E-state index is -1.71. The number of benzene rings is 1. The number of nitrogens with two attached hydrogens (primary N) is 2. The highest BCUT2D eigenvalue weighted by molar-refractivity contribution is 6.74. The fraction of sp³-hybridized carbons (Fsp3) is 0.450. The normalized spacial score (nSPS) is 12.4. The number of nitrogen functional groups attached to an aromatic ring is 2. The smallest absolute Gasteiger partial charge is 0.191 e. The maximum Gasteiger partial charge on any atom is 0.191 e. The zero-order valence-corrected chi connectivity index (χ0v) is 17.1. The van der Waals surface area contributed by atoms with Gasteiger partial charge in [0.05, 0.1) is 11.4 Å². The lowest BCUT2D eigenvalue weighted by molar-refractivity contribution is 0.282. The predicted molar refractivity (Wildman–Crippen MR) is 110 cm³/mol. The summed E-state index contributed by atoms with van der Waals surface area (Å²) in [5.74, 6) is 0. The summed E-state index contributed by atoms with van der Waals surface area (Å²) in [6, 6.07) is 7.89. The molecule has 136 valence electrons. The Morgan fingerprint density at radius 3 is 2.44 bits per heavy atom. The van der Waals surface area contributed by atoms with Crippen LogP contribution in [-0.4, -0.2) is 19.9 Å². The van der Waals surface area contributed by atoms with Crippen molar-refractivity contribution in [2.24, 2.45) is 0 Å². The van der Waals surface area contributed by atoms with Gasteiger partial charge in [-0.1, -0.05) is 32.9 Å². The van der Waals surface area contributed by atoms with Crippen molar-refractivity contribution in [3.63, 3.8) is 0 Å². The highest BCUT2D eigenvalue weighted by atomic mass is 28.4. The van der Waals surface area contributed by atoms with Gasteiger partial charge in [-0.05, 0) is 54.2 Å². The van der Waals surface area contributed by atoms with Gasteiger partial charge in [0.15, 0.2) is 8.32 Å². The van der Waals surface area contributed by atoms with Crippen LogP contribution in [0.25, 0.3) is 11.1 Å². The number of anilines is 2. The topological polar surface area (TPSA) is 74.2 Å². The van der Waals surface area contributed by atoms with Crippen molar-refractivity contribution in [1.29, 1.82) is 0 Å². The molecular formula is C20H31N3OSi. The molecule has 0 bridgehead atoms. The molecule has 0 spiro atoms. The number of hydrogen-bond acceptors (Lipinski definition) is 4. The van der Waals surface area contributed by atoms with E-state index in [1.54, 1.807) is 6.20 Å². The average Bonchev–Trinajstić information content (AvgIpc) is 2.55. The molecule has 1 aromatic carbocycles. The standard InChI is InChI=1S/C20H31N3OSi/c1-20(2,3)25(4,5)24-13-7-9-17-16(10-11-18(21)19(17)22)15-8-6-12-23-14-15/h6,8,10-12,14H,7,9,13,21-22H2,1-5H3. The Hall–Kier alpha value is -1.85. The molecule has 0 atom stereocenters. The van der Waals surface area contributed by atoms with Crippen LogP contribution in [0, 0.1) is 0 Å². The van der Waals surface area contributed by atoms with Gasteiger partial charge < -0.3 is 15.9 Å². The van der Waals surface area contributed by atoms with Gasteiger partial charge in [0.1, 0.15) is 0 Å². The van der Waals surface area contributed by atoms with Gasteiger partial charge in [-0.15, -0.1) is 0 Å². The van der Waals surface area contributed by atoms with E-state index >= 15 is 0 Å². The third-order valence-corrected chi connectivity index (χ3v) is 9.74. The molecule has 2 rings (SSSR count). The molecule has 0 saturated heterocycles. The summed E-state index contributed by atoms with van der Waals surface area (Å²) in [6.07, 6.45) is 5.40. The van der Waals surface area contributed by atoms with Gasteiger partial charge in [-0.25, -0.2) is 0 Å². The second kappa shape index (κ2) is 7.58. The van der Waals surface area contributed by atoms with E-state index in [-0.39, 0.29) is 5.04 Å². The molecule has 0 amide bonds. The second-order valence-corrected chi connectivity index (χ2v) is 12.9. The highest BCUT2D eigenvalue weighted by Crippen LogP contribution is 2.37. The first-order valence-corrected chi connectivity index (χ1v) is 11.8. The summed E-state index contributed by atoms with van der Waals surface area (Å²) < 4.78 is 6.29. The molecule has 0 aliphatic rings. The van der Waals surface area contributed by atoms with Crippen LogP contribution < -0.4 is 11.5 Å². The Labute approximate surface area is 152 Å². The molecule has 2 aromatic rings. The molecule has 25 heavy (non-hydrogen) atoms. The van der Waals surface area contributed by atoms with Gasteiger partial charge in [-0.2, -0.15) is 0 Å². The van der Waals surface area contributed by atoms with Crippen molar-refractivity contribution in [1.82, 2.24) is 4.98 Å². The molecule has 1 heterocycles. The SMILES string of the molecule is CC(C)(C)[Si](C)(C)OCCCc1c(-c2cccnc2)ccc(N)c1N. The minimum Gasteiger partial charge on any atom is -0.417 e. The predicted octanol–water partition coefficient (Wildman–Crippen LogP) is 4.87. The average molecular weight is 358 g/mol. The minimum absolute atomic E-state index is 0.226. The summed E-state index contributed by atoms with van der Waals surface area (Å²) in [7, 11) is -1.71. The van der Waals surface area contributed by atoms with Crippen LogP contribution in [0.4, 0.5) is 11.4 Å². The zero-order valence-electron chi connectivity index (χ0n) is 16.1. The van der Waals surface area contributed by atoms with Gasteiger partial charge in [0.2, 0.25) is 0 Å². The van der Waals surface area contributed by atoms with E-state index in [2.05, 4.69) is 38.8 Å². The molecule has 1 aromatic heterocycles. The molecule has 4 nitrogen and oxygen atoms in total. The van der Waals surface area contributed by atoms with Gasteiger partial charge in [-0.3, -0.25) is 4.98 Å². The third-order valence-electron chi connectivity index (χ3n) is 5.20. The lowest BCUT2D eigenvalue weighted by Gasteiger charge is -2.36. The number of rotatable bonds is 6. The molecule has 0 aliphatic carbocycles. The van der Waals surface area contributed by atoms with E-state index in [4.69, 9.17) is 15.9 Å². The summed E-state index contributed by atoms with van der Waals surface area (Å²) in [5, 5.41) is 0.226. The third kappa shape index (κ3) is 4.61. The quantitative estimate of drug-likeness (QED) is 0.439. The van der Waals surface area contributed by atoms with Crippen molar-refractivity contribution >= 4 is 19.7 Å². The van der Waals surface area contributed by atoms with Gasteiger partial charge in [0.25, 0.3) is 0 Å². The van der Waals surface area contributed by atoms with E-state index in [9.17, 15) is 0 Å². The first-order chi connectivity index (χ1) is 11.6. The van der Waals surface area contributed by atoms with Crippen LogP contribution >= 0.6 is 0 Å². The Balaban J connectivity index is 2.13. The van der Waals surface area contributed by atoms with Crippen molar-refractivity contribution in [2.75, 3.05) is 18.1 Å². The number of nitrogens with zero attached hydrogens (tertiary/aromatic N) is 1. The maximum atomic E-state index is 6.29. The Kier molecular flexibility index (Phi) is 5.90.